The summed E-state index contributed by atoms with van der Waals surface area (Å²) in [4.78, 5) is 22.8. The van der Waals surface area contributed by atoms with Crippen molar-refractivity contribution in [1.29, 1.82) is 5.26 Å². The number of nitriles is 1. The highest BCUT2D eigenvalue weighted by Gasteiger charge is 2.16. The van der Waals surface area contributed by atoms with Gasteiger partial charge in [0.2, 0.25) is 0 Å². The number of hydrogen-bond donors (Lipinski definition) is 1. The number of hydrogen-bond acceptors (Lipinski definition) is 4. The molecule has 1 aromatic carbocycles. The van der Waals surface area contributed by atoms with Crippen LogP contribution in [0.5, 0.6) is 0 Å². The van der Waals surface area contributed by atoms with E-state index in [-0.39, 0.29) is 0 Å². The predicted octanol–water partition coefficient (Wildman–Crippen LogP) is 0.850. The number of nitrogens with zero attached hydrogens (tertiary/aromatic N) is 1. The number of carbonyl (C=O) groups is 2. The summed E-state index contributed by atoms with van der Waals surface area (Å²) in [5.41, 5.74) is 0.725. The number of rotatable bonds is 3. The molecule has 0 aromatic heterocycles. The lowest BCUT2D eigenvalue weighted by molar-refractivity contribution is -0.142. The second-order valence-electron chi connectivity index (χ2n) is 3.41. The van der Waals surface area contributed by atoms with Gasteiger partial charge in [-0.05, 0) is 25.1 Å². The molecule has 0 saturated heterocycles. The van der Waals surface area contributed by atoms with Gasteiger partial charge in [0.25, 0.3) is 5.91 Å². The molecule has 0 aliphatic heterocycles. The number of benzene rings is 1. The van der Waals surface area contributed by atoms with E-state index in [2.05, 4.69) is 10.1 Å². The van der Waals surface area contributed by atoms with Gasteiger partial charge in [-0.2, -0.15) is 5.26 Å². The summed E-state index contributed by atoms with van der Waals surface area (Å²) >= 11 is 0. The van der Waals surface area contributed by atoms with Crippen LogP contribution >= 0.6 is 0 Å². The van der Waals surface area contributed by atoms with Crippen molar-refractivity contribution >= 4 is 11.9 Å². The van der Waals surface area contributed by atoms with Gasteiger partial charge >= 0.3 is 5.97 Å². The first-order valence-corrected chi connectivity index (χ1v) is 4.97. The van der Waals surface area contributed by atoms with Crippen molar-refractivity contribution in [3.8, 4) is 6.07 Å². The molecule has 0 saturated carbocycles. The molecule has 0 radical (unpaired) electrons. The van der Waals surface area contributed by atoms with E-state index in [0.29, 0.717) is 11.1 Å². The second-order valence-corrected chi connectivity index (χ2v) is 3.41. The minimum absolute atomic E-state index is 0.333. The summed E-state index contributed by atoms with van der Waals surface area (Å²) in [7, 11) is 1.25. The summed E-state index contributed by atoms with van der Waals surface area (Å²) in [5, 5.41) is 11.2. The van der Waals surface area contributed by atoms with Crippen molar-refractivity contribution in [2.45, 2.75) is 13.0 Å². The van der Waals surface area contributed by atoms with Crippen LogP contribution in [0, 0.1) is 11.3 Å². The molecule has 0 aliphatic carbocycles. The predicted molar refractivity (Wildman–Crippen MR) is 60.1 cm³/mol. The quantitative estimate of drug-likeness (QED) is 0.783. The van der Waals surface area contributed by atoms with Crippen LogP contribution in [0.4, 0.5) is 0 Å². The van der Waals surface area contributed by atoms with E-state index in [4.69, 9.17) is 5.26 Å². The van der Waals surface area contributed by atoms with Gasteiger partial charge in [0.15, 0.2) is 0 Å². The number of esters is 1. The zero-order valence-electron chi connectivity index (χ0n) is 9.56. The number of methoxy groups -OCH3 is 1. The zero-order chi connectivity index (χ0) is 12.8. The molecule has 17 heavy (non-hydrogen) atoms. The maximum Gasteiger partial charge on any atom is 0.328 e. The maximum absolute atomic E-state index is 11.7. The van der Waals surface area contributed by atoms with Crippen LogP contribution in [0.25, 0.3) is 0 Å². The summed E-state index contributed by atoms with van der Waals surface area (Å²) in [6, 6.07) is 7.45. The molecule has 1 unspecified atom stereocenters. The van der Waals surface area contributed by atoms with Gasteiger partial charge in [-0.1, -0.05) is 6.07 Å². The number of amides is 1. The molecular formula is C12H12N2O3. The first-order valence-electron chi connectivity index (χ1n) is 4.97. The Kier molecular flexibility index (Phi) is 4.23. The number of nitrogens with one attached hydrogen (secondary N) is 1. The van der Waals surface area contributed by atoms with Gasteiger partial charge in [-0.3, -0.25) is 4.79 Å². The van der Waals surface area contributed by atoms with Crippen LogP contribution in [0.15, 0.2) is 24.3 Å². The van der Waals surface area contributed by atoms with E-state index < -0.39 is 17.9 Å². The molecule has 0 bridgehead atoms. The maximum atomic E-state index is 11.7. The van der Waals surface area contributed by atoms with Crippen LogP contribution in [-0.4, -0.2) is 25.0 Å². The minimum Gasteiger partial charge on any atom is -0.467 e. The standard InChI is InChI=1S/C12H12N2O3/c1-8(12(16)17-2)14-11(15)10-5-3-4-9(6-10)7-13/h3-6,8H,1-2H3,(H,14,15). The fourth-order valence-electron chi connectivity index (χ4n) is 1.25. The highest BCUT2D eigenvalue weighted by atomic mass is 16.5. The van der Waals surface area contributed by atoms with Crippen molar-refractivity contribution < 1.29 is 14.3 Å². The van der Waals surface area contributed by atoms with Crippen LogP contribution in [0.1, 0.15) is 22.8 Å². The molecule has 0 heterocycles. The van der Waals surface area contributed by atoms with E-state index in [0.717, 1.165) is 0 Å². The van der Waals surface area contributed by atoms with E-state index in [9.17, 15) is 9.59 Å². The smallest absolute Gasteiger partial charge is 0.328 e. The highest BCUT2D eigenvalue weighted by Crippen LogP contribution is 2.04. The Morgan fingerprint density at radius 2 is 2.18 bits per heavy atom. The Balaban J connectivity index is 2.77. The average Bonchev–Trinajstić information content (AvgIpc) is 2.37. The Morgan fingerprint density at radius 1 is 1.47 bits per heavy atom. The first kappa shape index (κ1) is 12.7. The Bertz CT molecular complexity index is 477. The molecule has 88 valence electrons. The molecule has 0 fully saturated rings. The van der Waals surface area contributed by atoms with Crippen molar-refractivity contribution in [3.05, 3.63) is 35.4 Å². The van der Waals surface area contributed by atoms with E-state index in [1.807, 2.05) is 6.07 Å². The minimum atomic E-state index is -0.724. The largest absolute Gasteiger partial charge is 0.467 e. The first-order chi connectivity index (χ1) is 8.08. The van der Waals surface area contributed by atoms with Gasteiger partial charge in [0.05, 0.1) is 18.7 Å². The van der Waals surface area contributed by atoms with Gasteiger partial charge in [0, 0.05) is 5.56 Å². The van der Waals surface area contributed by atoms with Crippen LogP contribution in [-0.2, 0) is 9.53 Å². The van der Waals surface area contributed by atoms with E-state index >= 15 is 0 Å². The fourth-order valence-corrected chi connectivity index (χ4v) is 1.25. The normalized spacial score (nSPS) is 11.1. The summed E-state index contributed by atoms with van der Waals surface area (Å²) in [6.45, 7) is 1.53. The SMILES string of the molecule is COC(=O)C(C)NC(=O)c1cccc(C#N)c1. The van der Waals surface area contributed by atoms with E-state index in [1.54, 1.807) is 18.2 Å². The summed E-state index contributed by atoms with van der Waals surface area (Å²) in [6.07, 6.45) is 0. The molecule has 1 rings (SSSR count). The van der Waals surface area contributed by atoms with Crippen LogP contribution < -0.4 is 5.32 Å². The number of ether oxygens (including phenoxy) is 1. The Morgan fingerprint density at radius 3 is 2.76 bits per heavy atom. The zero-order valence-corrected chi connectivity index (χ0v) is 9.56. The van der Waals surface area contributed by atoms with Crippen molar-refractivity contribution in [2.24, 2.45) is 0 Å². The third kappa shape index (κ3) is 3.31. The lowest BCUT2D eigenvalue weighted by Crippen LogP contribution is -2.39. The van der Waals surface area contributed by atoms with E-state index in [1.165, 1.54) is 20.1 Å². The molecule has 0 aliphatic rings. The second kappa shape index (κ2) is 5.66. The molecule has 5 heteroatoms. The highest BCUT2D eigenvalue weighted by molar-refractivity contribution is 5.96. The van der Waals surface area contributed by atoms with Crippen LogP contribution in [0.3, 0.4) is 0 Å². The third-order valence-corrected chi connectivity index (χ3v) is 2.16. The summed E-state index contributed by atoms with van der Waals surface area (Å²) < 4.78 is 4.49. The molecule has 5 nitrogen and oxygen atoms in total. The fraction of sp³-hybridized carbons (Fsp3) is 0.250. The van der Waals surface area contributed by atoms with Crippen molar-refractivity contribution in [2.75, 3.05) is 7.11 Å². The van der Waals surface area contributed by atoms with Crippen molar-refractivity contribution in [1.82, 2.24) is 5.32 Å². The average molecular weight is 232 g/mol. The summed E-state index contributed by atoms with van der Waals surface area (Å²) in [5.74, 6) is -0.935. The van der Waals surface area contributed by atoms with Gasteiger partial charge in [-0.25, -0.2) is 4.79 Å². The van der Waals surface area contributed by atoms with Crippen molar-refractivity contribution in [3.63, 3.8) is 0 Å². The Labute approximate surface area is 99.0 Å². The molecule has 1 aromatic rings. The lowest BCUT2D eigenvalue weighted by Gasteiger charge is -2.11. The van der Waals surface area contributed by atoms with Gasteiger partial charge in [-0.15, -0.1) is 0 Å². The van der Waals surface area contributed by atoms with Crippen LogP contribution in [0.2, 0.25) is 0 Å². The molecule has 0 spiro atoms. The number of carbonyl (C=O) groups excluding carboxylic acids is 2. The lowest BCUT2D eigenvalue weighted by atomic mass is 10.1. The monoisotopic (exact) mass is 232 g/mol. The molecular weight excluding hydrogens is 220 g/mol. The topological polar surface area (TPSA) is 79.2 Å². The molecule has 1 amide bonds. The molecule has 1 N–H and O–H groups in total. The third-order valence-electron chi connectivity index (χ3n) is 2.16. The van der Waals surface area contributed by atoms with Gasteiger partial charge < -0.3 is 10.1 Å². The van der Waals surface area contributed by atoms with Gasteiger partial charge in [0.1, 0.15) is 6.04 Å². The Hall–Kier alpha value is -2.35. The molecule has 1 atom stereocenters.